The Kier molecular flexibility index (Phi) is 5.52. The van der Waals surface area contributed by atoms with Gasteiger partial charge < -0.3 is 10.1 Å². The Balaban J connectivity index is 1.83. The van der Waals surface area contributed by atoms with Crippen molar-refractivity contribution in [1.29, 1.82) is 0 Å². The molecule has 2 aliphatic heterocycles. The number of hydrogen-bond acceptors (Lipinski definition) is 4. The summed E-state index contributed by atoms with van der Waals surface area (Å²) in [5.41, 5.74) is 0.0484. The second-order valence-corrected chi connectivity index (χ2v) is 6.73. The van der Waals surface area contributed by atoms with Gasteiger partial charge in [-0.3, -0.25) is 4.79 Å². The average Bonchev–Trinajstić information content (AvgIpc) is 2.40. The number of Topliss-reactive ketones (excluding diaryl/α,β-unsaturated/α-hetero) is 1. The van der Waals surface area contributed by atoms with Gasteiger partial charge in [0.1, 0.15) is 5.78 Å². The van der Waals surface area contributed by atoms with Gasteiger partial charge >= 0.3 is 0 Å². The molecular formula is C14H25NO2S. The van der Waals surface area contributed by atoms with Crippen LogP contribution in [-0.2, 0) is 9.53 Å². The Bertz CT molecular complexity index is 271. The molecule has 2 aliphatic rings. The molecule has 0 aromatic heterocycles. The Morgan fingerprint density at radius 3 is 2.94 bits per heavy atom. The third-order valence-corrected chi connectivity index (χ3v) is 5.19. The van der Waals surface area contributed by atoms with Crippen LogP contribution in [0.2, 0.25) is 0 Å². The molecule has 0 aromatic rings. The highest BCUT2D eigenvalue weighted by Gasteiger charge is 2.40. The van der Waals surface area contributed by atoms with Crippen LogP contribution in [0.25, 0.3) is 0 Å². The summed E-state index contributed by atoms with van der Waals surface area (Å²) in [4.78, 5) is 12.2. The number of nitrogens with one attached hydrogen (secondary N) is 1. The predicted molar refractivity (Wildman–Crippen MR) is 76.1 cm³/mol. The van der Waals surface area contributed by atoms with Gasteiger partial charge in [0.25, 0.3) is 0 Å². The summed E-state index contributed by atoms with van der Waals surface area (Å²) in [5, 5.41) is 3.10. The van der Waals surface area contributed by atoms with E-state index in [4.69, 9.17) is 4.74 Å². The van der Waals surface area contributed by atoms with Crippen molar-refractivity contribution in [3.05, 3.63) is 0 Å². The first-order chi connectivity index (χ1) is 8.76. The summed E-state index contributed by atoms with van der Waals surface area (Å²) >= 11 is 2.02. The fraction of sp³-hybridized carbons (Fsp3) is 0.929. The van der Waals surface area contributed by atoms with E-state index in [1.54, 1.807) is 0 Å². The van der Waals surface area contributed by atoms with E-state index in [1.807, 2.05) is 18.8 Å². The van der Waals surface area contributed by atoms with Gasteiger partial charge in [0, 0.05) is 18.9 Å². The molecule has 0 saturated carbocycles. The van der Waals surface area contributed by atoms with E-state index >= 15 is 0 Å². The quantitative estimate of drug-likeness (QED) is 0.778. The Hall–Kier alpha value is -0.0600. The van der Waals surface area contributed by atoms with Crippen LogP contribution in [0.5, 0.6) is 0 Å². The van der Waals surface area contributed by atoms with E-state index in [-0.39, 0.29) is 11.5 Å². The highest BCUT2D eigenvalue weighted by Crippen LogP contribution is 2.40. The SMILES string of the molecule is CNCCCC(=O)C1CCOC2(CCSCC2)C1. The van der Waals surface area contributed by atoms with Gasteiger partial charge in [-0.2, -0.15) is 11.8 Å². The maximum atomic E-state index is 12.2. The molecule has 0 bridgehead atoms. The number of rotatable bonds is 5. The number of ketones is 1. The maximum absolute atomic E-state index is 12.2. The minimum absolute atomic E-state index is 0.0484. The normalized spacial score (nSPS) is 27.3. The number of thioether (sulfide) groups is 1. The van der Waals surface area contributed by atoms with Crippen molar-refractivity contribution in [3.63, 3.8) is 0 Å². The van der Waals surface area contributed by atoms with E-state index in [0.717, 1.165) is 51.7 Å². The van der Waals surface area contributed by atoms with Crippen molar-refractivity contribution < 1.29 is 9.53 Å². The minimum atomic E-state index is 0.0484. The van der Waals surface area contributed by atoms with Crippen molar-refractivity contribution >= 4 is 17.5 Å². The molecular weight excluding hydrogens is 246 g/mol. The monoisotopic (exact) mass is 271 g/mol. The summed E-state index contributed by atoms with van der Waals surface area (Å²) < 4.78 is 6.03. The lowest BCUT2D eigenvalue weighted by Gasteiger charge is -2.43. The van der Waals surface area contributed by atoms with Crippen molar-refractivity contribution in [2.45, 2.75) is 44.1 Å². The molecule has 1 unspecified atom stereocenters. The van der Waals surface area contributed by atoms with Crippen LogP contribution in [0.15, 0.2) is 0 Å². The lowest BCUT2D eigenvalue weighted by atomic mass is 9.79. The molecule has 4 heteroatoms. The first-order valence-electron chi connectivity index (χ1n) is 7.15. The summed E-state index contributed by atoms with van der Waals surface area (Å²) in [6, 6.07) is 0. The molecule has 2 heterocycles. The summed E-state index contributed by atoms with van der Waals surface area (Å²) in [7, 11) is 1.94. The molecule has 0 aromatic carbocycles. The van der Waals surface area contributed by atoms with Gasteiger partial charge in [0.2, 0.25) is 0 Å². The molecule has 3 nitrogen and oxygen atoms in total. The highest BCUT2D eigenvalue weighted by molar-refractivity contribution is 7.99. The Morgan fingerprint density at radius 1 is 1.44 bits per heavy atom. The van der Waals surface area contributed by atoms with E-state index in [1.165, 1.54) is 11.5 Å². The van der Waals surface area contributed by atoms with Crippen LogP contribution in [0.1, 0.15) is 38.5 Å². The third kappa shape index (κ3) is 3.72. The zero-order chi connectivity index (χ0) is 12.8. The molecule has 0 amide bonds. The molecule has 0 aliphatic carbocycles. The van der Waals surface area contributed by atoms with E-state index in [9.17, 15) is 4.79 Å². The molecule has 104 valence electrons. The smallest absolute Gasteiger partial charge is 0.136 e. The van der Waals surface area contributed by atoms with Crippen molar-refractivity contribution in [1.82, 2.24) is 5.32 Å². The van der Waals surface area contributed by atoms with Gasteiger partial charge in [0.15, 0.2) is 0 Å². The van der Waals surface area contributed by atoms with Crippen molar-refractivity contribution in [2.24, 2.45) is 5.92 Å². The minimum Gasteiger partial charge on any atom is -0.375 e. The zero-order valence-electron chi connectivity index (χ0n) is 11.4. The lowest BCUT2D eigenvalue weighted by Crippen LogP contribution is -2.44. The van der Waals surface area contributed by atoms with Crippen LogP contribution in [0.3, 0.4) is 0 Å². The van der Waals surface area contributed by atoms with Gasteiger partial charge in [-0.15, -0.1) is 0 Å². The molecule has 18 heavy (non-hydrogen) atoms. The first-order valence-corrected chi connectivity index (χ1v) is 8.30. The second kappa shape index (κ2) is 6.92. The molecule has 1 spiro atoms. The van der Waals surface area contributed by atoms with Crippen LogP contribution >= 0.6 is 11.8 Å². The Labute approximate surface area is 114 Å². The first kappa shape index (κ1) is 14.4. The third-order valence-electron chi connectivity index (χ3n) is 4.20. The fourth-order valence-corrected chi connectivity index (χ4v) is 4.27. The number of hydrogen-bond donors (Lipinski definition) is 1. The number of carbonyl (C=O) groups is 1. The van der Waals surface area contributed by atoms with Crippen molar-refractivity contribution in [3.8, 4) is 0 Å². The van der Waals surface area contributed by atoms with Crippen LogP contribution in [-0.4, -0.2) is 43.1 Å². The topological polar surface area (TPSA) is 38.3 Å². The predicted octanol–water partition coefficient (Wildman–Crippen LogP) is 2.25. The summed E-state index contributed by atoms with van der Waals surface area (Å²) in [6.07, 6.45) is 5.89. The van der Waals surface area contributed by atoms with E-state index in [0.29, 0.717) is 5.78 Å². The van der Waals surface area contributed by atoms with E-state index in [2.05, 4.69) is 5.32 Å². The number of ether oxygens (including phenoxy) is 1. The van der Waals surface area contributed by atoms with Crippen molar-refractivity contribution in [2.75, 3.05) is 31.7 Å². The standard InChI is InChI=1S/C14H25NO2S/c1-15-7-2-3-13(16)12-4-8-17-14(11-12)5-9-18-10-6-14/h12,15H,2-11H2,1H3. The average molecular weight is 271 g/mol. The van der Waals surface area contributed by atoms with Gasteiger partial charge in [-0.05, 0) is 57.2 Å². The zero-order valence-corrected chi connectivity index (χ0v) is 12.2. The van der Waals surface area contributed by atoms with Crippen LogP contribution in [0.4, 0.5) is 0 Å². The largest absolute Gasteiger partial charge is 0.375 e. The molecule has 1 atom stereocenters. The molecule has 1 N–H and O–H groups in total. The van der Waals surface area contributed by atoms with Crippen LogP contribution < -0.4 is 5.32 Å². The summed E-state index contributed by atoms with van der Waals surface area (Å²) in [6.45, 7) is 1.73. The fourth-order valence-electron chi connectivity index (χ4n) is 3.04. The summed E-state index contributed by atoms with van der Waals surface area (Å²) in [5.74, 6) is 3.12. The van der Waals surface area contributed by atoms with Gasteiger partial charge in [0.05, 0.1) is 5.60 Å². The highest BCUT2D eigenvalue weighted by atomic mass is 32.2. The molecule has 2 saturated heterocycles. The maximum Gasteiger partial charge on any atom is 0.136 e. The molecule has 2 fully saturated rings. The van der Waals surface area contributed by atoms with Gasteiger partial charge in [-0.25, -0.2) is 0 Å². The van der Waals surface area contributed by atoms with E-state index < -0.39 is 0 Å². The second-order valence-electron chi connectivity index (χ2n) is 5.51. The Morgan fingerprint density at radius 2 is 2.22 bits per heavy atom. The molecule has 0 radical (unpaired) electrons. The van der Waals surface area contributed by atoms with Gasteiger partial charge in [-0.1, -0.05) is 0 Å². The van der Waals surface area contributed by atoms with Crippen LogP contribution in [0, 0.1) is 5.92 Å². The number of carbonyl (C=O) groups excluding carboxylic acids is 1. The lowest BCUT2D eigenvalue weighted by molar-refractivity contribution is -0.138. The molecule has 2 rings (SSSR count).